The Balaban J connectivity index is 2.94. The van der Waals surface area contributed by atoms with Crippen LogP contribution in [0.5, 0.6) is 0 Å². The molecular formula is C15H22ClNO2. The monoisotopic (exact) mass is 283 g/mol. The average Bonchev–Trinajstić information content (AvgIpc) is 2.30. The zero-order valence-corrected chi connectivity index (χ0v) is 12.5. The van der Waals surface area contributed by atoms with E-state index in [1.54, 1.807) is 0 Å². The smallest absolute Gasteiger partial charge is 0.317 e. The van der Waals surface area contributed by atoms with Crippen molar-refractivity contribution in [2.75, 3.05) is 13.1 Å². The van der Waals surface area contributed by atoms with Gasteiger partial charge in [-0.05, 0) is 30.0 Å². The number of hydrogen-bond donors (Lipinski definition) is 1. The lowest BCUT2D eigenvalue weighted by Crippen LogP contribution is -2.36. The van der Waals surface area contributed by atoms with Crippen molar-refractivity contribution in [1.82, 2.24) is 4.90 Å². The molecule has 1 N–H and O–H groups in total. The molecule has 0 spiro atoms. The number of hydrogen-bond acceptors (Lipinski definition) is 2. The van der Waals surface area contributed by atoms with Crippen molar-refractivity contribution in [3.63, 3.8) is 0 Å². The lowest BCUT2D eigenvalue weighted by Gasteiger charge is -2.31. The van der Waals surface area contributed by atoms with E-state index in [2.05, 4.69) is 20.8 Å². The first kappa shape index (κ1) is 16.0. The summed E-state index contributed by atoms with van der Waals surface area (Å²) in [6.45, 7) is 7.12. The van der Waals surface area contributed by atoms with Gasteiger partial charge in [0.05, 0.1) is 6.54 Å². The Bertz CT molecular complexity index is 403. The van der Waals surface area contributed by atoms with Crippen molar-refractivity contribution in [3.8, 4) is 0 Å². The third kappa shape index (κ3) is 5.21. The fraction of sp³-hybridized carbons (Fsp3) is 0.533. The number of aliphatic carboxylic acids is 1. The second-order valence-corrected chi connectivity index (χ2v) is 5.63. The molecule has 0 aliphatic rings. The summed E-state index contributed by atoms with van der Waals surface area (Å²) in [7, 11) is 0. The summed E-state index contributed by atoms with van der Waals surface area (Å²) in [6, 6.07) is 7.79. The van der Waals surface area contributed by atoms with Crippen LogP contribution in [0.1, 0.15) is 38.8 Å². The number of carboxylic acids is 1. The molecule has 0 radical (unpaired) electrons. The molecule has 0 bridgehead atoms. The van der Waals surface area contributed by atoms with Gasteiger partial charge in [-0.1, -0.05) is 44.5 Å². The molecule has 0 aromatic heterocycles. The van der Waals surface area contributed by atoms with E-state index in [-0.39, 0.29) is 12.6 Å². The van der Waals surface area contributed by atoms with Gasteiger partial charge in [-0.25, -0.2) is 0 Å². The van der Waals surface area contributed by atoms with Crippen molar-refractivity contribution in [2.45, 2.75) is 33.2 Å². The third-order valence-corrected chi connectivity index (χ3v) is 3.27. The van der Waals surface area contributed by atoms with E-state index in [1.165, 1.54) is 0 Å². The maximum absolute atomic E-state index is 11.0. The molecule has 0 heterocycles. The van der Waals surface area contributed by atoms with E-state index >= 15 is 0 Å². The second kappa shape index (κ2) is 7.51. The van der Waals surface area contributed by atoms with E-state index in [1.807, 2.05) is 29.2 Å². The van der Waals surface area contributed by atoms with E-state index in [0.29, 0.717) is 10.9 Å². The van der Waals surface area contributed by atoms with Crippen molar-refractivity contribution in [2.24, 2.45) is 5.92 Å². The van der Waals surface area contributed by atoms with Gasteiger partial charge in [0, 0.05) is 17.6 Å². The molecule has 0 aliphatic heterocycles. The summed E-state index contributed by atoms with van der Waals surface area (Å²) >= 11 is 5.90. The van der Waals surface area contributed by atoms with Crippen LogP contribution in [0, 0.1) is 5.92 Å². The molecule has 19 heavy (non-hydrogen) atoms. The molecular weight excluding hydrogens is 262 g/mol. The Morgan fingerprint density at radius 3 is 2.32 bits per heavy atom. The summed E-state index contributed by atoms with van der Waals surface area (Å²) in [5.41, 5.74) is 1.12. The molecule has 0 amide bonds. The van der Waals surface area contributed by atoms with E-state index in [9.17, 15) is 4.79 Å². The molecule has 4 heteroatoms. The van der Waals surface area contributed by atoms with Gasteiger partial charge in [-0.15, -0.1) is 0 Å². The van der Waals surface area contributed by atoms with Crippen LogP contribution in [0.15, 0.2) is 24.3 Å². The summed E-state index contributed by atoms with van der Waals surface area (Å²) < 4.78 is 0. The Kier molecular flexibility index (Phi) is 6.32. The third-order valence-electron chi connectivity index (χ3n) is 3.02. The first-order valence-corrected chi connectivity index (χ1v) is 7.03. The summed E-state index contributed by atoms with van der Waals surface area (Å²) in [4.78, 5) is 13.1. The van der Waals surface area contributed by atoms with Crippen LogP contribution < -0.4 is 0 Å². The minimum absolute atomic E-state index is 0.0688. The molecule has 106 valence electrons. The normalized spacial score (nSPS) is 12.9. The van der Waals surface area contributed by atoms with E-state index in [0.717, 1.165) is 18.5 Å². The quantitative estimate of drug-likeness (QED) is 0.827. The Morgan fingerprint density at radius 1 is 1.32 bits per heavy atom. The minimum Gasteiger partial charge on any atom is -0.480 e. The van der Waals surface area contributed by atoms with Crippen LogP contribution in [-0.2, 0) is 4.79 Å². The summed E-state index contributed by atoms with van der Waals surface area (Å²) in [5.74, 6) is -0.353. The maximum Gasteiger partial charge on any atom is 0.317 e. The van der Waals surface area contributed by atoms with Crippen molar-refractivity contribution >= 4 is 17.6 Å². The Morgan fingerprint density at radius 2 is 1.89 bits per heavy atom. The van der Waals surface area contributed by atoms with E-state index in [4.69, 9.17) is 16.7 Å². The molecule has 0 fully saturated rings. The molecule has 1 rings (SSSR count). The molecule has 1 aromatic carbocycles. The van der Waals surface area contributed by atoms with Crippen LogP contribution in [0.4, 0.5) is 0 Å². The van der Waals surface area contributed by atoms with Crippen LogP contribution in [-0.4, -0.2) is 29.1 Å². The van der Waals surface area contributed by atoms with Gasteiger partial charge < -0.3 is 5.11 Å². The first-order chi connectivity index (χ1) is 8.93. The van der Waals surface area contributed by atoms with Crippen LogP contribution in [0.25, 0.3) is 0 Å². The highest BCUT2D eigenvalue weighted by molar-refractivity contribution is 6.30. The topological polar surface area (TPSA) is 40.5 Å². The highest BCUT2D eigenvalue weighted by Gasteiger charge is 2.21. The van der Waals surface area contributed by atoms with Gasteiger partial charge in [-0.3, -0.25) is 9.69 Å². The SMILES string of the molecule is CCC(c1ccc(Cl)cc1)N(CC(=O)O)CC(C)C. The molecule has 1 aromatic rings. The number of carboxylic acid groups (broad SMARTS) is 1. The largest absolute Gasteiger partial charge is 0.480 e. The lowest BCUT2D eigenvalue weighted by atomic mass is 10.0. The zero-order chi connectivity index (χ0) is 14.4. The second-order valence-electron chi connectivity index (χ2n) is 5.19. The average molecular weight is 284 g/mol. The first-order valence-electron chi connectivity index (χ1n) is 6.65. The number of rotatable bonds is 7. The molecule has 3 nitrogen and oxygen atoms in total. The van der Waals surface area contributed by atoms with Crippen LogP contribution in [0.3, 0.4) is 0 Å². The van der Waals surface area contributed by atoms with Gasteiger partial charge in [0.1, 0.15) is 0 Å². The highest BCUT2D eigenvalue weighted by Crippen LogP contribution is 2.26. The number of carbonyl (C=O) groups is 1. The molecule has 0 aliphatic carbocycles. The van der Waals surface area contributed by atoms with Gasteiger partial charge in [-0.2, -0.15) is 0 Å². The van der Waals surface area contributed by atoms with Crippen molar-refractivity contribution in [3.05, 3.63) is 34.9 Å². The van der Waals surface area contributed by atoms with Gasteiger partial charge >= 0.3 is 5.97 Å². The van der Waals surface area contributed by atoms with Gasteiger partial charge in [0.25, 0.3) is 0 Å². The summed E-state index contributed by atoms with van der Waals surface area (Å²) in [5, 5.41) is 9.77. The fourth-order valence-electron chi connectivity index (χ4n) is 2.33. The standard InChI is InChI=1S/C15H22ClNO2/c1-4-14(12-5-7-13(16)8-6-12)17(9-11(2)3)10-15(18)19/h5-8,11,14H,4,9-10H2,1-3H3,(H,18,19). The Labute approximate surface area is 120 Å². The van der Waals surface area contributed by atoms with E-state index < -0.39 is 5.97 Å². The van der Waals surface area contributed by atoms with Gasteiger partial charge in [0.15, 0.2) is 0 Å². The molecule has 1 atom stereocenters. The summed E-state index contributed by atoms with van der Waals surface area (Å²) in [6.07, 6.45) is 0.877. The van der Waals surface area contributed by atoms with Gasteiger partial charge in [0.2, 0.25) is 0 Å². The minimum atomic E-state index is -0.784. The van der Waals surface area contributed by atoms with Crippen LogP contribution in [0.2, 0.25) is 5.02 Å². The highest BCUT2D eigenvalue weighted by atomic mass is 35.5. The number of nitrogens with zero attached hydrogens (tertiary/aromatic N) is 1. The fourth-order valence-corrected chi connectivity index (χ4v) is 2.46. The predicted molar refractivity (Wildman–Crippen MR) is 78.5 cm³/mol. The lowest BCUT2D eigenvalue weighted by molar-refractivity contribution is -0.139. The maximum atomic E-state index is 11.0. The van der Waals surface area contributed by atoms with Crippen molar-refractivity contribution in [1.29, 1.82) is 0 Å². The molecule has 0 saturated carbocycles. The molecule has 0 saturated heterocycles. The predicted octanol–water partition coefficient (Wildman–Crippen LogP) is 3.83. The number of benzene rings is 1. The zero-order valence-electron chi connectivity index (χ0n) is 11.8. The van der Waals surface area contributed by atoms with Crippen LogP contribution >= 0.6 is 11.6 Å². The Hall–Kier alpha value is -1.06. The number of halogens is 1. The molecule has 1 unspecified atom stereocenters. The van der Waals surface area contributed by atoms with Crippen molar-refractivity contribution < 1.29 is 9.90 Å².